The molecule has 0 unspecified atom stereocenters. The van der Waals surface area contributed by atoms with E-state index in [4.69, 9.17) is 9.84 Å². The van der Waals surface area contributed by atoms with Gasteiger partial charge < -0.3 is 15.0 Å². The summed E-state index contributed by atoms with van der Waals surface area (Å²) in [6.07, 6.45) is 10.1. The van der Waals surface area contributed by atoms with Crippen LogP contribution >= 0.6 is 0 Å². The van der Waals surface area contributed by atoms with Gasteiger partial charge in [-0.05, 0) is 51.3 Å². The Bertz CT molecular complexity index is 1020. The van der Waals surface area contributed by atoms with Gasteiger partial charge in [-0.15, -0.1) is 0 Å². The van der Waals surface area contributed by atoms with E-state index in [1.807, 2.05) is 44.2 Å². The van der Waals surface area contributed by atoms with E-state index < -0.39 is 5.54 Å². The van der Waals surface area contributed by atoms with Crippen LogP contribution in [0.1, 0.15) is 89.0 Å². The molecule has 2 aliphatic rings. The average Bonchev–Trinajstić information content (AvgIpc) is 3.25. The number of nitrogens with zero attached hydrogens (tertiary/aromatic N) is 3. The molecule has 1 aliphatic heterocycles. The van der Waals surface area contributed by atoms with E-state index in [1.54, 1.807) is 9.58 Å². The minimum absolute atomic E-state index is 0.0794. The summed E-state index contributed by atoms with van der Waals surface area (Å²) in [5, 5.41) is 8.09. The van der Waals surface area contributed by atoms with E-state index >= 15 is 0 Å². The number of ether oxygens (including phenoxy) is 1. The van der Waals surface area contributed by atoms with Gasteiger partial charge in [0.1, 0.15) is 17.0 Å². The third-order valence-corrected chi connectivity index (χ3v) is 7.46. The number of hydrogen-bond acceptors (Lipinski definition) is 4. The summed E-state index contributed by atoms with van der Waals surface area (Å²) in [5.74, 6) is 0.530. The van der Waals surface area contributed by atoms with Gasteiger partial charge in [0.15, 0.2) is 0 Å². The fraction of sp³-hybridized carbons (Fsp3) is 0.607. The first-order valence-corrected chi connectivity index (χ1v) is 13.4. The van der Waals surface area contributed by atoms with Crippen molar-refractivity contribution in [2.24, 2.45) is 0 Å². The number of nitrogens with one attached hydrogen (secondary N) is 1. The highest BCUT2D eigenvalue weighted by Gasteiger charge is 2.47. The molecule has 0 spiro atoms. The molecule has 0 radical (unpaired) electrons. The smallest absolute Gasteiger partial charge is 0.273 e. The highest BCUT2D eigenvalue weighted by molar-refractivity contribution is 6.00. The van der Waals surface area contributed by atoms with Crippen LogP contribution in [0.5, 0.6) is 5.75 Å². The number of para-hydroxylation sites is 1. The van der Waals surface area contributed by atoms with Crippen molar-refractivity contribution < 1.29 is 14.3 Å². The Morgan fingerprint density at radius 3 is 2.57 bits per heavy atom. The van der Waals surface area contributed by atoms with Gasteiger partial charge in [0.2, 0.25) is 5.91 Å². The van der Waals surface area contributed by atoms with Crippen LogP contribution in [0.25, 0.3) is 11.3 Å². The van der Waals surface area contributed by atoms with Crippen molar-refractivity contribution >= 4 is 11.8 Å². The number of likely N-dealkylation sites (N-methyl/N-ethyl adjacent to an activating group) is 1. The van der Waals surface area contributed by atoms with Crippen LogP contribution in [0, 0.1) is 0 Å². The average molecular weight is 481 g/mol. The molecule has 1 fully saturated rings. The maximum atomic E-state index is 13.6. The maximum Gasteiger partial charge on any atom is 0.273 e. The van der Waals surface area contributed by atoms with E-state index in [2.05, 4.69) is 12.2 Å². The molecule has 7 nitrogen and oxygen atoms in total. The van der Waals surface area contributed by atoms with Crippen LogP contribution in [-0.2, 0) is 11.3 Å². The van der Waals surface area contributed by atoms with Crippen molar-refractivity contribution in [2.75, 3.05) is 13.2 Å². The van der Waals surface area contributed by atoms with Gasteiger partial charge in [-0.3, -0.25) is 14.3 Å². The SMILES string of the molecule is CCCCOc1ccccc1-c1cc2n(n1)C[C@](C)(C(=O)NC1CCCCCCC1)N(CC)C2=O. The van der Waals surface area contributed by atoms with Crippen LogP contribution in [0.15, 0.2) is 30.3 Å². The molecule has 2 aromatic rings. The number of carbonyl (C=O) groups is 2. The van der Waals surface area contributed by atoms with Crippen molar-refractivity contribution in [3.63, 3.8) is 0 Å². The van der Waals surface area contributed by atoms with Gasteiger partial charge >= 0.3 is 0 Å². The fourth-order valence-electron chi connectivity index (χ4n) is 5.34. The first-order chi connectivity index (χ1) is 17.0. The summed E-state index contributed by atoms with van der Waals surface area (Å²) in [4.78, 5) is 28.9. The predicted octanol–water partition coefficient (Wildman–Crippen LogP) is 5.19. The summed E-state index contributed by atoms with van der Waals surface area (Å²) < 4.78 is 7.72. The number of carbonyl (C=O) groups excluding carboxylic acids is 2. The molecule has 1 aliphatic carbocycles. The second-order valence-corrected chi connectivity index (χ2v) is 10.1. The lowest BCUT2D eigenvalue weighted by Gasteiger charge is -2.43. The van der Waals surface area contributed by atoms with E-state index in [0.29, 0.717) is 31.1 Å². The molecule has 0 bridgehead atoms. The van der Waals surface area contributed by atoms with E-state index in [1.165, 1.54) is 19.3 Å². The third-order valence-electron chi connectivity index (χ3n) is 7.46. The molecule has 2 amide bonds. The van der Waals surface area contributed by atoms with Gasteiger partial charge in [-0.1, -0.05) is 57.6 Å². The molecule has 190 valence electrons. The Labute approximate surface area is 209 Å². The highest BCUT2D eigenvalue weighted by Crippen LogP contribution is 2.34. The lowest BCUT2D eigenvalue weighted by molar-refractivity contribution is -0.133. The Hall–Kier alpha value is -2.83. The largest absolute Gasteiger partial charge is 0.493 e. The molecule has 1 atom stereocenters. The zero-order chi connectivity index (χ0) is 24.8. The van der Waals surface area contributed by atoms with Gasteiger partial charge in [0.25, 0.3) is 5.91 Å². The molecule has 1 aromatic heterocycles. The zero-order valence-electron chi connectivity index (χ0n) is 21.5. The molecule has 0 saturated heterocycles. The molecule has 1 saturated carbocycles. The quantitative estimate of drug-likeness (QED) is 0.528. The van der Waals surface area contributed by atoms with Crippen molar-refractivity contribution in [3.8, 4) is 17.0 Å². The van der Waals surface area contributed by atoms with Crippen LogP contribution in [-0.4, -0.2) is 51.2 Å². The first-order valence-electron chi connectivity index (χ1n) is 13.4. The molecule has 7 heteroatoms. The summed E-state index contributed by atoms with van der Waals surface area (Å²) in [5.41, 5.74) is 1.09. The van der Waals surface area contributed by atoms with Crippen LogP contribution in [0.3, 0.4) is 0 Å². The lowest BCUT2D eigenvalue weighted by atomic mass is 9.92. The van der Waals surface area contributed by atoms with Crippen molar-refractivity contribution in [3.05, 3.63) is 36.0 Å². The van der Waals surface area contributed by atoms with Crippen molar-refractivity contribution in [2.45, 2.75) is 96.7 Å². The predicted molar refractivity (Wildman–Crippen MR) is 137 cm³/mol. The van der Waals surface area contributed by atoms with Gasteiger partial charge in [0, 0.05) is 18.2 Å². The molecule has 1 aromatic carbocycles. The Morgan fingerprint density at radius 1 is 1.14 bits per heavy atom. The second kappa shape index (κ2) is 11.3. The van der Waals surface area contributed by atoms with Crippen molar-refractivity contribution in [1.29, 1.82) is 0 Å². The molecular weight excluding hydrogens is 440 g/mol. The number of unbranched alkanes of at least 4 members (excludes halogenated alkanes) is 1. The minimum Gasteiger partial charge on any atom is -0.493 e. The lowest BCUT2D eigenvalue weighted by Crippen LogP contribution is -2.65. The molecular formula is C28H40N4O3. The summed E-state index contributed by atoms with van der Waals surface area (Å²) in [7, 11) is 0. The van der Waals surface area contributed by atoms with Crippen LogP contribution in [0.4, 0.5) is 0 Å². The summed E-state index contributed by atoms with van der Waals surface area (Å²) in [6.45, 7) is 7.38. The highest BCUT2D eigenvalue weighted by atomic mass is 16.5. The second-order valence-electron chi connectivity index (χ2n) is 10.1. The zero-order valence-corrected chi connectivity index (χ0v) is 21.5. The molecule has 35 heavy (non-hydrogen) atoms. The number of fused-ring (bicyclic) bond motifs is 1. The van der Waals surface area contributed by atoms with E-state index in [9.17, 15) is 9.59 Å². The number of aromatic nitrogens is 2. The number of amides is 2. The summed E-state index contributed by atoms with van der Waals surface area (Å²) in [6, 6.07) is 9.82. The number of rotatable bonds is 8. The fourth-order valence-corrected chi connectivity index (χ4v) is 5.34. The minimum atomic E-state index is -0.984. The third kappa shape index (κ3) is 5.39. The first kappa shape index (κ1) is 25.3. The van der Waals surface area contributed by atoms with Gasteiger partial charge in [-0.25, -0.2) is 0 Å². The van der Waals surface area contributed by atoms with Gasteiger partial charge in [-0.2, -0.15) is 5.10 Å². The number of benzene rings is 1. The van der Waals surface area contributed by atoms with E-state index in [-0.39, 0.29) is 17.9 Å². The Morgan fingerprint density at radius 2 is 1.86 bits per heavy atom. The standard InChI is InChI=1S/C28H40N4O3/c1-4-6-18-35-25-17-13-12-16-22(25)23-19-24-26(33)31(5-2)28(3,20-32(24)30-23)27(34)29-21-14-10-8-7-9-11-15-21/h12-13,16-17,19,21H,4-11,14-15,18,20H2,1-3H3,(H,29,34)/t28-/m1/s1. The molecule has 4 rings (SSSR count). The van der Waals surface area contributed by atoms with Crippen LogP contribution in [0.2, 0.25) is 0 Å². The monoisotopic (exact) mass is 480 g/mol. The molecule has 2 heterocycles. The Kier molecular flexibility index (Phi) is 8.14. The topological polar surface area (TPSA) is 76.5 Å². The number of hydrogen-bond donors (Lipinski definition) is 1. The van der Waals surface area contributed by atoms with Crippen molar-refractivity contribution in [1.82, 2.24) is 20.0 Å². The van der Waals surface area contributed by atoms with Gasteiger partial charge in [0.05, 0.1) is 18.8 Å². The van der Waals surface area contributed by atoms with E-state index in [0.717, 1.165) is 49.8 Å². The maximum absolute atomic E-state index is 13.6. The normalized spacial score (nSPS) is 21.2. The molecule has 1 N–H and O–H groups in total. The Balaban J connectivity index is 1.59. The summed E-state index contributed by atoms with van der Waals surface area (Å²) >= 11 is 0. The van der Waals surface area contributed by atoms with Crippen LogP contribution < -0.4 is 10.1 Å².